The molecule has 0 radical (unpaired) electrons. The first kappa shape index (κ1) is 14.9. The zero-order valence-electron chi connectivity index (χ0n) is 11.8. The maximum absolute atomic E-state index is 9.08. The Morgan fingerprint density at radius 1 is 1.41 bits per heavy atom. The zero-order chi connectivity index (χ0) is 13.1. The lowest BCUT2D eigenvalue weighted by Crippen LogP contribution is -2.42. The maximum Gasteiger partial charge on any atom is 0.0609 e. The van der Waals surface area contributed by atoms with E-state index in [1.54, 1.807) is 0 Å². The molecule has 1 aliphatic rings. The molecule has 0 amide bonds. The summed E-state index contributed by atoms with van der Waals surface area (Å²) in [5.74, 6) is 0.742. The van der Waals surface area contributed by atoms with Gasteiger partial charge in [-0.15, -0.1) is 0 Å². The van der Waals surface area contributed by atoms with Gasteiger partial charge in [0.15, 0.2) is 0 Å². The van der Waals surface area contributed by atoms with Crippen LogP contribution < -0.4 is 5.73 Å². The van der Waals surface area contributed by atoms with Gasteiger partial charge < -0.3 is 15.6 Å². The summed E-state index contributed by atoms with van der Waals surface area (Å²) in [5, 5.41) is 9.08. The quantitative estimate of drug-likeness (QED) is 0.779. The first-order chi connectivity index (χ1) is 7.74. The monoisotopic (exact) mass is 243 g/mol. The average molecular weight is 243 g/mol. The molecule has 3 atom stereocenters. The molecule has 1 saturated carbocycles. The summed E-state index contributed by atoms with van der Waals surface area (Å²) < 4.78 is 5.94. The van der Waals surface area contributed by atoms with Gasteiger partial charge in [0.05, 0.1) is 12.7 Å². The zero-order valence-corrected chi connectivity index (χ0v) is 11.8. The van der Waals surface area contributed by atoms with Gasteiger partial charge in [0, 0.05) is 12.1 Å². The van der Waals surface area contributed by atoms with Crippen LogP contribution in [0.4, 0.5) is 0 Å². The Kier molecular flexibility index (Phi) is 4.99. The van der Waals surface area contributed by atoms with Crippen molar-refractivity contribution in [3.8, 4) is 0 Å². The molecule has 17 heavy (non-hydrogen) atoms. The van der Waals surface area contributed by atoms with Gasteiger partial charge >= 0.3 is 0 Å². The van der Waals surface area contributed by atoms with Crippen LogP contribution in [-0.4, -0.2) is 30.0 Å². The van der Waals surface area contributed by atoms with E-state index in [0.717, 1.165) is 25.2 Å². The van der Waals surface area contributed by atoms with E-state index in [0.29, 0.717) is 18.1 Å². The molecule has 0 aromatic carbocycles. The lowest BCUT2D eigenvalue weighted by molar-refractivity contribution is -0.0297. The number of aliphatic hydroxyl groups is 1. The Labute approximate surface area is 106 Å². The van der Waals surface area contributed by atoms with E-state index in [9.17, 15) is 0 Å². The third kappa shape index (κ3) is 5.36. The molecular weight excluding hydrogens is 214 g/mol. The first-order valence-electron chi connectivity index (χ1n) is 6.75. The van der Waals surface area contributed by atoms with Crippen LogP contribution in [0.15, 0.2) is 0 Å². The van der Waals surface area contributed by atoms with Gasteiger partial charge in [0.2, 0.25) is 0 Å². The van der Waals surface area contributed by atoms with Gasteiger partial charge in [-0.05, 0) is 43.9 Å². The second-order valence-electron chi connectivity index (χ2n) is 6.97. The Hall–Kier alpha value is -0.120. The van der Waals surface area contributed by atoms with E-state index in [-0.39, 0.29) is 6.61 Å². The topological polar surface area (TPSA) is 55.5 Å². The minimum Gasteiger partial charge on any atom is -0.394 e. The van der Waals surface area contributed by atoms with Crippen LogP contribution in [0.5, 0.6) is 0 Å². The molecule has 0 heterocycles. The molecule has 0 saturated heterocycles. The molecule has 0 aromatic heterocycles. The number of hydrogen-bond acceptors (Lipinski definition) is 3. The molecule has 3 nitrogen and oxygen atoms in total. The normalized spacial score (nSPS) is 32.1. The molecule has 102 valence electrons. The highest BCUT2D eigenvalue weighted by molar-refractivity contribution is 4.84. The smallest absolute Gasteiger partial charge is 0.0609 e. The van der Waals surface area contributed by atoms with Gasteiger partial charge in [0.25, 0.3) is 0 Å². The van der Waals surface area contributed by atoms with Crippen molar-refractivity contribution < 1.29 is 9.84 Å². The SMILES string of the molecule is CC1CC(OCCC(C)(N)CO)CC(C)(C)C1. The van der Waals surface area contributed by atoms with Crippen molar-refractivity contribution in [1.29, 1.82) is 0 Å². The van der Waals surface area contributed by atoms with Crippen LogP contribution in [-0.2, 0) is 4.74 Å². The Morgan fingerprint density at radius 2 is 2.06 bits per heavy atom. The molecule has 1 fully saturated rings. The molecule has 1 aliphatic carbocycles. The van der Waals surface area contributed by atoms with Crippen LogP contribution in [0.3, 0.4) is 0 Å². The summed E-state index contributed by atoms with van der Waals surface area (Å²) in [6, 6.07) is 0. The van der Waals surface area contributed by atoms with Crippen molar-refractivity contribution in [1.82, 2.24) is 0 Å². The third-order valence-corrected chi connectivity index (χ3v) is 3.73. The van der Waals surface area contributed by atoms with E-state index in [4.69, 9.17) is 15.6 Å². The van der Waals surface area contributed by atoms with E-state index in [2.05, 4.69) is 20.8 Å². The van der Waals surface area contributed by atoms with Gasteiger partial charge in [0.1, 0.15) is 0 Å². The minimum absolute atomic E-state index is 0.0168. The van der Waals surface area contributed by atoms with E-state index < -0.39 is 5.54 Å². The predicted molar refractivity (Wildman–Crippen MR) is 70.8 cm³/mol. The maximum atomic E-state index is 9.08. The molecule has 3 N–H and O–H groups in total. The number of hydrogen-bond donors (Lipinski definition) is 2. The lowest BCUT2D eigenvalue weighted by atomic mass is 9.71. The second kappa shape index (κ2) is 5.68. The summed E-state index contributed by atoms with van der Waals surface area (Å²) in [6.45, 7) is 9.48. The summed E-state index contributed by atoms with van der Waals surface area (Å²) in [4.78, 5) is 0. The minimum atomic E-state index is -0.504. The highest BCUT2D eigenvalue weighted by Gasteiger charge is 2.32. The molecular formula is C14H29NO2. The largest absolute Gasteiger partial charge is 0.394 e. The first-order valence-corrected chi connectivity index (χ1v) is 6.75. The van der Waals surface area contributed by atoms with Gasteiger partial charge in [-0.25, -0.2) is 0 Å². The van der Waals surface area contributed by atoms with Crippen molar-refractivity contribution in [2.24, 2.45) is 17.1 Å². The van der Waals surface area contributed by atoms with Gasteiger partial charge in [-0.2, -0.15) is 0 Å². The van der Waals surface area contributed by atoms with Crippen LogP contribution in [0.1, 0.15) is 53.4 Å². The summed E-state index contributed by atoms with van der Waals surface area (Å²) >= 11 is 0. The third-order valence-electron chi connectivity index (χ3n) is 3.73. The number of aliphatic hydroxyl groups excluding tert-OH is 1. The summed E-state index contributed by atoms with van der Waals surface area (Å²) in [6.07, 6.45) is 4.66. The molecule has 3 heteroatoms. The predicted octanol–water partition coefficient (Wildman–Crippen LogP) is 2.32. The van der Waals surface area contributed by atoms with E-state index in [1.807, 2.05) is 6.92 Å². The van der Waals surface area contributed by atoms with Crippen molar-refractivity contribution in [3.63, 3.8) is 0 Å². The van der Waals surface area contributed by atoms with Gasteiger partial charge in [-0.1, -0.05) is 20.8 Å². The lowest BCUT2D eigenvalue weighted by Gasteiger charge is -2.39. The number of nitrogens with two attached hydrogens (primary N) is 1. The van der Waals surface area contributed by atoms with Crippen LogP contribution in [0.25, 0.3) is 0 Å². The molecule has 0 bridgehead atoms. The van der Waals surface area contributed by atoms with Crippen molar-refractivity contribution in [2.45, 2.75) is 65.0 Å². The summed E-state index contributed by atoms with van der Waals surface area (Å²) in [7, 11) is 0. The number of rotatable bonds is 5. The molecule has 1 rings (SSSR count). The second-order valence-corrected chi connectivity index (χ2v) is 6.97. The Balaban J connectivity index is 2.32. The van der Waals surface area contributed by atoms with Crippen LogP contribution in [0.2, 0.25) is 0 Å². The summed E-state index contributed by atoms with van der Waals surface area (Å²) in [5.41, 5.74) is 5.77. The fraction of sp³-hybridized carbons (Fsp3) is 1.00. The molecule has 0 spiro atoms. The van der Waals surface area contributed by atoms with Gasteiger partial charge in [-0.3, -0.25) is 0 Å². The van der Waals surface area contributed by atoms with Crippen LogP contribution in [0, 0.1) is 11.3 Å². The molecule has 0 aromatic rings. The van der Waals surface area contributed by atoms with Crippen molar-refractivity contribution in [3.05, 3.63) is 0 Å². The fourth-order valence-electron chi connectivity index (χ4n) is 2.92. The highest BCUT2D eigenvalue weighted by Crippen LogP contribution is 2.39. The fourth-order valence-corrected chi connectivity index (χ4v) is 2.92. The van der Waals surface area contributed by atoms with Crippen molar-refractivity contribution in [2.75, 3.05) is 13.2 Å². The van der Waals surface area contributed by atoms with E-state index >= 15 is 0 Å². The standard InChI is InChI=1S/C14H29NO2/c1-11-7-12(9-13(2,3)8-11)17-6-5-14(4,15)10-16/h11-12,16H,5-10,15H2,1-4H3. The molecule has 0 aliphatic heterocycles. The Morgan fingerprint density at radius 3 is 2.59 bits per heavy atom. The highest BCUT2D eigenvalue weighted by atomic mass is 16.5. The molecule has 3 unspecified atom stereocenters. The van der Waals surface area contributed by atoms with Crippen LogP contribution >= 0.6 is 0 Å². The number of ether oxygens (including phenoxy) is 1. The average Bonchev–Trinajstić information content (AvgIpc) is 2.14. The van der Waals surface area contributed by atoms with Crippen molar-refractivity contribution >= 4 is 0 Å². The van der Waals surface area contributed by atoms with E-state index in [1.165, 1.54) is 6.42 Å². The Bertz CT molecular complexity index is 238.